The molecule has 10 N–H and O–H groups in total. The summed E-state index contributed by atoms with van der Waals surface area (Å²) in [6.07, 6.45) is 0. The van der Waals surface area contributed by atoms with Gasteiger partial charge in [-0.1, -0.05) is 0 Å². The molecule has 0 aliphatic carbocycles. The first-order valence-electron chi connectivity index (χ1n) is 0.309. The SMILES string of the molecule is O.O.O.O.O.[Na+].[O-][Cl+][O-]. The first-order chi connectivity index (χ1) is 1.41. The van der Waals surface area contributed by atoms with Gasteiger partial charge in [-0.15, -0.1) is 0 Å². The second-order valence-electron chi connectivity index (χ2n) is 0.0630. The first-order valence-corrected chi connectivity index (χ1v) is 0.926. The van der Waals surface area contributed by atoms with Crippen molar-refractivity contribution >= 4 is 0 Å². The van der Waals surface area contributed by atoms with Gasteiger partial charge in [0.2, 0.25) is 0 Å². The summed E-state index contributed by atoms with van der Waals surface area (Å²) in [5, 5.41) is 0. The van der Waals surface area contributed by atoms with E-state index in [0.717, 1.165) is 0 Å². The van der Waals surface area contributed by atoms with Crippen LogP contribution in [0.5, 0.6) is 0 Å². The largest absolute Gasteiger partial charge is 1.00 e. The van der Waals surface area contributed by atoms with Crippen LogP contribution in [0.3, 0.4) is 0 Å². The van der Waals surface area contributed by atoms with E-state index in [1.54, 1.807) is 0 Å². The van der Waals surface area contributed by atoms with Gasteiger partial charge in [0.25, 0.3) is 0 Å². The van der Waals surface area contributed by atoms with Gasteiger partial charge in [-0.3, -0.25) is 0 Å². The van der Waals surface area contributed by atoms with Crippen LogP contribution in [0, 0.1) is 11.3 Å². The minimum atomic E-state index is -0.417. The Kier molecular flexibility index (Phi) is 1430. The molecule has 0 aliphatic rings. The molecule has 0 rings (SSSR count). The molecule has 0 amide bonds. The van der Waals surface area contributed by atoms with E-state index in [0.29, 0.717) is 0 Å². The summed E-state index contributed by atoms with van der Waals surface area (Å²) in [5.41, 5.74) is 0. The zero-order valence-corrected chi connectivity index (χ0v) is 7.45. The maximum Gasteiger partial charge on any atom is 1.00 e. The molecule has 0 radical (unpaired) electrons. The van der Waals surface area contributed by atoms with E-state index in [4.69, 9.17) is 9.32 Å². The second-order valence-corrected chi connectivity index (χ2v) is 0.189. The molecular weight excluding hydrogens is 170 g/mol. The van der Waals surface area contributed by atoms with Gasteiger partial charge in [-0.25, -0.2) is 0 Å². The molecule has 9 heavy (non-hydrogen) atoms. The van der Waals surface area contributed by atoms with Crippen LogP contribution in [0.1, 0.15) is 0 Å². The Hall–Kier alpha value is 1.01. The third-order valence-corrected chi connectivity index (χ3v) is 0. The summed E-state index contributed by atoms with van der Waals surface area (Å²) in [5.74, 6) is 0. The summed E-state index contributed by atoms with van der Waals surface area (Å²) in [6, 6.07) is 0. The van der Waals surface area contributed by atoms with E-state index in [9.17, 15) is 0 Å². The number of rotatable bonds is 0. The Labute approximate surface area is 77.6 Å². The third-order valence-electron chi connectivity index (χ3n) is 0. The van der Waals surface area contributed by atoms with Crippen molar-refractivity contribution in [1.29, 1.82) is 0 Å². The van der Waals surface area contributed by atoms with Crippen molar-refractivity contribution in [1.82, 2.24) is 0 Å². The minimum Gasteiger partial charge on any atom is -0.544 e. The molecule has 0 spiro atoms. The summed E-state index contributed by atoms with van der Waals surface area (Å²) in [6.45, 7) is 0. The van der Waals surface area contributed by atoms with Crippen molar-refractivity contribution in [3.8, 4) is 0 Å². The number of hydrogen-bond acceptors (Lipinski definition) is 2. The molecule has 7 nitrogen and oxygen atoms in total. The molecule has 60 valence electrons. The van der Waals surface area contributed by atoms with Crippen LogP contribution in [-0.2, 0) is 0 Å². The van der Waals surface area contributed by atoms with Crippen molar-refractivity contribution in [3.05, 3.63) is 0 Å². The smallest absolute Gasteiger partial charge is 0.544 e. The van der Waals surface area contributed by atoms with E-state index in [1.165, 1.54) is 0 Å². The van der Waals surface area contributed by atoms with Crippen molar-refractivity contribution < 1.29 is 77.6 Å². The molecule has 0 aromatic carbocycles. The molecule has 0 heterocycles. The predicted molar refractivity (Wildman–Crippen MR) is 18.1 cm³/mol. The van der Waals surface area contributed by atoms with Crippen molar-refractivity contribution in [2.24, 2.45) is 0 Å². The average molecular weight is 181 g/mol. The van der Waals surface area contributed by atoms with E-state index < -0.39 is 11.3 Å². The zero-order valence-electron chi connectivity index (χ0n) is 4.69. The molecule has 0 atom stereocenters. The van der Waals surface area contributed by atoms with Gasteiger partial charge in [-0.05, 0) is 0 Å². The van der Waals surface area contributed by atoms with Crippen LogP contribution in [0.25, 0.3) is 0 Å². The molecule has 0 saturated carbocycles. The Morgan fingerprint density at radius 2 is 0.667 bits per heavy atom. The van der Waals surface area contributed by atoms with Gasteiger partial charge in [-0.2, -0.15) is 0 Å². The molecule has 0 aliphatic heterocycles. The zero-order chi connectivity index (χ0) is 2.71. The molecular formula is H10ClNaO7. The summed E-state index contributed by atoms with van der Waals surface area (Å²) >= 11 is -0.417. The van der Waals surface area contributed by atoms with Gasteiger partial charge in [0.15, 0.2) is 0 Å². The number of hydrogen-bond donors (Lipinski definition) is 0. The minimum absolute atomic E-state index is 0. The fourth-order valence-corrected chi connectivity index (χ4v) is 0. The van der Waals surface area contributed by atoms with E-state index in [1.807, 2.05) is 0 Å². The normalized spacial score (nSPS) is 2.00. The Morgan fingerprint density at radius 1 is 0.667 bits per heavy atom. The van der Waals surface area contributed by atoms with Crippen molar-refractivity contribution in [2.75, 3.05) is 0 Å². The standard InChI is InChI=1S/ClO2.Na.5H2O/c2-1-3;;;;;;/h;;5*1H2/q-1;+1;;;;;. The molecule has 0 saturated heterocycles. The molecule has 0 unspecified atom stereocenters. The van der Waals surface area contributed by atoms with Gasteiger partial charge in [0, 0.05) is 0 Å². The van der Waals surface area contributed by atoms with E-state index in [-0.39, 0.29) is 56.9 Å². The number of halogens is 1. The summed E-state index contributed by atoms with van der Waals surface area (Å²) in [4.78, 5) is 0. The Morgan fingerprint density at radius 3 is 0.667 bits per heavy atom. The molecule has 9 heteroatoms. The van der Waals surface area contributed by atoms with Crippen LogP contribution < -0.4 is 38.9 Å². The van der Waals surface area contributed by atoms with Crippen molar-refractivity contribution in [3.63, 3.8) is 0 Å². The fraction of sp³-hybridized carbons (Fsp3) is 0. The molecule has 0 fully saturated rings. The van der Waals surface area contributed by atoms with Gasteiger partial charge in [0.05, 0.1) is 11.3 Å². The Bertz CT molecular complexity index is 8.88. The predicted octanol–water partition coefficient (Wildman–Crippen LogP) is -9.50. The topological polar surface area (TPSA) is 204 Å². The summed E-state index contributed by atoms with van der Waals surface area (Å²) in [7, 11) is 0. The second kappa shape index (κ2) is 143. The maximum absolute atomic E-state index is 8.24. The monoisotopic (exact) mass is 180 g/mol. The maximum atomic E-state index is 8.24. The summed E-state index contributed by atoms with van der Waals surface area (Å²) < 4.78 is 16.5. The average Bonchev–Trinajstić information content (AvgIpc) is 0.918. The quantitative estimate of drug-likeness (QED) is 0.333. The van der Waals surface area contributed by atoms with Crippen LogP contribution >= 0.6 is 0 Å². The third kappa shape index (κ3) is 434. The fourth-order valence-electron chi connectivity index (χ4n) is 0. The molecule has 0 bridgehead atoms. The van der Waals surface area contributed by atoms with Crippen LogP contribution in [0.2, 0.25) is 0 Å². The van der Waals surface area contributed by atoms with E-state index in [2.05, 4.69) is 0 Å². The van der Waals surface area contributed by atoms with Crippen LogP contribution in [0.4, 0.5) is 0 Å². The molecule has 0 aromatic rings. The van der Waals surface area contributed by atoms with Gasteiger partial charge in [0.1, 0.15) is 0 Å². The van der Waals surface area contributed by atoms with Crippen molar-refractivity contribution in [2.45, 2.75) is 0 Å². The van der Waals surface area contributed by atoms with Gasteiger partial charge < -0.3 is 36.7 Å². The van der Waals surface area contributed by atoms with Gasteiger partial charge >= 0.3 is 29.6 Å². The van der Waals surface area contributed by atoms with E-state index >= 15 is 0 Å². The van der Waals surface area contributed by atoms with Crippen LogP contribution in [-0.4, -0.2) is 27.4 Å². The Balaban J connectivity index is -0.00000000133. The first kappa shape index (κ1) is 89.7. The van der Waals surface area contributed by atoms with Crippen LogP contribution in [0.15, 0.2) is 0 Å². The molecule has 0 aromatic heterocycles.